The summed E-state index contributed by atoms with van der Waals surface area (Å²) in [5.74, 6) is 0.494. The fraction of sp³-hybridized carbons (Fsp3) is 0.909. The molecule has 0 aromatic heterocycles. The Morgan fingerprint density at radius 1 is 1.53 bits per heavy atom. The molecule has 0 radical (unpaired) electrons. The molecule has 0 heterocycles. The van der Waals surface area contributed by atoms with Crippen LogP contribution in [0.2, 0.25) is 0 Å². The van der Waals surface area contributed by atoms with Gasteiger partial charge in [0.2, 0.25) is 5.91 Å². The molecule has 4 N–H and O–H groups in total. The molecule has 1 rings (SSSR count). The van der Waals surface area contributed by atoms with Gasteiger partial charge in [-0.2, -0.15) is 0 Å². The van der Waals surface area contributed by atoms with Crippen molar-refractivity contribution in [1.29, 1.82) is 0 Å². The molecule has 1 aliphatic rings. The van der Waals surface area contributed by atoms with Crippen LogP contribution in [0.15, 0.2) is 0 Å². The first-order valence-corrected chi connectivity index (χ1v) is 5.72. The molecule has 0 spiro atoms. The highest BCUT2D eigenvalue weighted by atomic mass is 16.2. The summed E-state index contributed by atoms with van der Waals surface area (Å²) in [5.41, 5.74) is 5.56. The first-order valence-electron chi connectivity index (χ1n) is 5.72. The largest absolute Gasteiger partial charge is 0.352 e. The van der Waals surface area contributed by atoms with Gasteiger partial charge in [0, 0.05) is 18.1 Å². The van der Waals surface area contributed by atoms with E-state index in [-0.39, 0.29) is 11.4 Å². The van der Waals surface area contributed by atoms with Crippen molar-refractivity contribution >= 4 is 5.91 Å². The molecule has 0 aromatic rings. The molecule has 1 unspecified atom stereocenters. The van der Waals surface area contributed by atoms with Crippen LogP contribution in [-0.4, -0.2) is 30.6 Å². The highest BCUT2D eigenvalue weighted by Gasteiger charge is 2.28. The van der Waals surface area contributed by atoms with Crippen LogP contribution in [0, 0.1) is 5.92 Å². The summed E-state index contributed by atoms with van der Waals surface area (Å²) in [6.45, 7) is 7.18. The van der Waals surface area contributed by atoms with Crippen LogP contribution in [0.25, 0.3) is 0 Å². The Morgan fingerprint density at radius 2 is 2.13 bits per heavy atom. The molecule has 15 heavy (non-hydrogen) atoms. The average Bonchev–Trinajstić information content (AvgIpc) is 2.97. The van der Waals surface area contributed by atoms with Crippen LogP contribution < -0.4 is 16.4 Å². The van der Waals surface area contributed by atoms with Crippen LogP contribution in [0.1, 0.15) is 33.6 Å². The van der Waals surface area contributed by atoms with E-state index in [1.165, 1.54) is 0 Å². The Bertz CT molecular complexity index is 226. The molecule has 0 aromatic carbocycles. The molecule has 1 atom stereocenters. The van der Waals surface area contributed by atoms with Gasteiger partial charge in [-0.05, 0) is 25.7 Å². The highest BCUT2D eigenvalue weighted by Crippen LogP contribution is 2.18. The molecular formula is C11H23N3O. The summed E-state index contributed by atoms with van der Waals surface area (Å²) in [4.78, 5) is 11.5. The number of carbonyl (C=O) groups excluding carboxylic acids is 1. The fourth-order valence-electron chi connectivity index (χ4n) is 1.30. The minimum absolute atomic E-state index is 0.0813. The third-order valence-corrected chi connectivity index (χ3v) is 3.29. The molecule has 1 aliphatic carbocycles. The summed E-state index contributed by atoms with van der Waals surface area (Å²) in [6, 6.07) is 0.433. The summed E-state index contributed by atoms with van der Waals surface area (Å²) >= 11 is 0. The third kappa shape index (κ3) is 3.80. The van der Waals surface area contributed by atoms with Crippen molar-refractivity contribution in [3.63, 3.8) is 0 Å². The Morgan fingerprint density at radius 3 is 2.53 bits per heavy atom. The Balaban J connectivity index is 2.29. The lowest BCUT2D eigenvalue weighted by molar-refractivity contribution is -0.120. The van der Waals surface area contributed by atoms with E-state index in [1.54, 1.807) is 0 Å². The maximum absolute atomic E-state index is 11.5. The highest BCUT2D eigenvalue weighted by molar-refractivity contribution is 5.78. The maximum Gasteiger partial charge on any atom is 0.234 e. The topological polar surface area (TPSA) is 67.1 Å². The lowest BCUT2D eigenvalue weighted by Gasteiger charge is -2.33. The van der Waals surface area contributed by atoms with Crippen molar-refractivity contribution in [3.05, 3.63) is 0 Å². The second-order valence-corrected chi connectivity index (χ2v) is 4.97. The first-order chi connectivity index (χ1) is 6.98. The quantitative estimate of drug-likeness (QED) is 0.591. The van der Waals surface area contributed by atoms with Crippen LogP contribution in [0.3, 0.4) is 0 Å². The second-order valence-electron chi connectivity index (χ2n) is 4.97. The number of hydrogen-bond acceptors (Lipinski definition) is 3. The summed E-state index contributed by atoms with van der Waals surface area (Å²) in [6.07, 6.45) is 2.26. The van der Waals surface area contributed by atoms with Gasteiger partial charge in [0.25, 0.3) is 0 Å². The smallest absolute Gasteiger partial charge is 0.234 e. The third-order valence-electron chi connectivity index (χ3n) is 3.29. The normalized spacial score (nSPS) is 20.1. The van der Waals surface area contributed by atoms with Crippen LogP contribution >= 0.6 is 0 Å². The van der Waals surface area contributed by atoms with Crippen molar-refractivity contribution in [2.75, 3.05) is 13.1 Å². The molecule has 4 heteroatoms. The molecule has 1 fully saturated rings. The molecule has 0 aliphatic heterocycles. The number of nitrogens with two attached hydrogens (primary N) is 1. The van der Waals surface area contributed by atoms with E-state index in [9.17, 15) is 4.79 Å². The van der Waals surface area contributed by atoms with E-state index in [2.05, 4.69) is 31.4 Å². The van der Waals surface area contributed by atoms with Gasteiger partial charge in [-0.1, -0.05) is 13.8 Å². The summed E-state index contributed by atoms with van der Waals surface area (Å²) in [7, 11) is 0. The van der Waals surface area contributed by atoms with Crippen molar-refractivity contribution in [1.82, 2.24) is 10.6 Å². The fourth-order valence-corrected chi connectivity index (χ4v) is 1.30. The molecule has 1 amide bonds. The van der Waals surface area contributed by atoms with Gasteiger partial charge in [-0.15, -0.1) is 0 Å². The Kier molecular flexibility index (Phi) is 4.11. The molecule has 1 saturated carbocycles. The number of amides is 1. The molecule has 88 valence electrons. The van der Waals surface area contributed by atoms with Crippen molar-refractivity contribution < 1.29 is 4.79 Å². The second kappa shape index (κ2) is 4.94. The zero-order valence-corrected chi connectivity index (χ0v) is 9.97. The average molecular weight is 213 g/mol. The lowest BCUT2D eigenvalue weighted by Crippen LogP contribution is -2.55. The van der Waals surface area contributed by atoms with E-state index in [1.807, 2.05) is 0 Å². The van der Waals surface area contributed by atoms with Gasteiger partial charge in [0.15, 0.2) is 0 Å². The zero-order valence-electron chi connectivity index (χ0n) is 9.97. The van der Waals surface area contributed by atoms with Crippen molar-refractivity contribution in [2.45, 2.75) is 45.2 Å². The number of nitrogens with one attached hydrogen (secondary N) is 2. The van der Waals surface area contributed by atoms with Crippen LogP contribution in [0.5, 0.6) is 0 Å². The van der Waals surface area contributed by atoms with Crippen molar-refractivity contribution in [3.8, 4) is 0 Å². The van der Waals surface area contributed by atoms with Crippen LogP contribution in [0.4, 0.5) is 0 Å². The minimum Gasteiger partial charge on any atom is -0.352 e. The predicted octanol–water partition coefficient (Wildman–Crippen LogP) is 0.228. The van der Waals surface area contributed by atoms with Gasteiger partial charge in [0.05, 0.1) is 6.54 Å². The maximum atomic E-state index is 11.5. The number of hydrogen-bond donors (Lipinski definition) is 3. The first kappa shape index (κ1) is 12.5. The van der Waals surface area contributed by atoms with Crippen LogP contribution in [-0.2, 0) is 4.79 Å². The van der Waals surface area contributed by atoms with Gasteiger partial charge in [-0.25, -0.2) is 0 Å². The standard InChI is InChI=1S/C11H23N3O/c1-8(2)11(3,7-12)13-6-10(15)14-9-4-5-9/h8-9,13H,4-7,12H2,1-3H3,(H,14,15). The van der Waals surface area contributed by atoms with Gasteiger partial charge >= 0.3 is 0 Å². The molecule has 0 saturated heterocycles. The number of carbonyl (C=O) groups is 1. The number of rotatable bonds is 6. The van der Waals surface area contributed by atoms with Gasteiger partial charge in [0.1, 0.15) is 0 Å². The zero-order chi connectivity index (χ0) is 11.5. The Hall–Kier alpha value is -0.610. The van der Waals surface area contributed by atoms with E-state index in [0.29, 0.717) is 25.0 Å². The van der Waals surface area contributed by atoms with E-state index < -0.39 is 0 Å². The predicted molar refractivity (Wildman–Crippen MR) is 61.5 cm³/mol. The molecule has 4 nitrogen and oxygen atoms in total. The minimum atomic E-state index is -0.152. The molecule has 0 bridgehead atoms. The van der Waals surface area contributed by atoms with E-state index in [4.69, 9.17) is 5.73 Å². The van der Waals surface area contributed by atoms with E-state index in [0.717, 1.165) is 12.8 Å². The molecular weight excluding hydrogens is 190 g/mol. The van der Waals surface area contributed by atoms with Gasteiger partial charge in [-0.3, -0.25) is 4.79 Å². The SMILES string of the molecule is CC(C)C(C)(CN)NCC(=O)NC1CC1. The van der Waals surface area contributed by atoms with E-state index >= 15 is 0 Å². The summed E-state index contributed by atoms with van der Waals surface area (Å²) < 4.78 is 0. The Labute approximate surface area is 92.0 Å². The van der Waals surface area contributed by atoms with Crippen molar-refractivity contribution in [2.24, 2.45) is 11.7 Å². The van der Waals surface area contributed by atoms with Gasteiger partial charge < -0.3 is 16.4 Å². The monoisotopic (exact) mass is 213 g/mol. The lowest BCUT2D eigenvalue weighted by atomic mass is 9.88. The summed E-state index contributed by atoms with van der Waals surface area (Å²) in [5, 5.41) is 6.19.